The minimum atomic E-state index is -0.376. The number of carbonyl (C=O) groups excluding carboxylic acids is 2. The van der Waals surface area contributed by atoms with Crippen molar-refractivity contribution in [3.63, 3.8) is 0 Å². The van der Waals surface area contributed by atoms with Gasteiger partial charge >= 0.3 is 5.97 Å². The van der Waals surface area contributed by atoms with Gasteiger partial charge in [0.15, 0.2) is 0 Å². The summed E-state index contributed by atoms with van der Waals surface area (Å²) in [5.74, 6) is -0.570. The van der Waals surface area contributed by atoms with Crippen LogP contribution in [0.15, 0.2) is 84.9 Å². The molecule has 1 fully saturated rings. The number of hydrogen-bond acceptors (Lipinski definition) is 3. The molecule has 1 aliphatic carbocycles. The van der Waals surface area contributed by atoms with E-state index in [1.165, 1.54) is 6.42 Å². The first-order valence-corrected chi connectivity index (χ1v) is 10.5. The van der Waals surface area contributed by atoms with E-state index in [-0.39, 0.29) is 18.0 Å². The zero-order chi connectivity index (χ0) is 20.8. The molecule has 0 saturated heterocycles. The van der Waals surface area contributed by atoms with Gasteiger partial charge in [0.25, 0.3) is 5.91 Å². The lowest BCUT2D eigenvalue weighted by Crippen LogP contribution is -2.28. The van der Waals surface area contributed by atoms with E-state index in [1.54, 1.807) is 35.2 Å². The minimum absolute atomic E-state index is 0.0469. The van der Waals surface area contributed by atoms with E-state index in [1.807, 2.05) is 54.6 Å². The van der Waals surface area contributed by atoms with Crippen molar-refractivity contribution in [2.45, 2.75) is 38.2 Å². The number of ether oxygens (including phenoxy) is 1. The largest absolute Gasteiger partial charge is 0.459 e. The first-order chi connectivity index (χ1) is 14.7. The van der Waals surface area contributed by atoms with Crippen molar-refractivity contribution in [2.75, 3.05) is 4.90 Å². The summed E-state index contributed by atoms with van der Waals surface area (Å²) in [6.07, 6.45) is 5.12. The Kier molecular flexibility index (Phi) is 6.23. The highest BCUT2D eigenvalue weighted by atomic mass is 16.5. The number of nitrogens with zero attached hydrogens (tertiary/aromatic N) is 1. The van der Waals surface area contributed by atoms with Crippen LogP contribution in [-0.2, 0) is 4.74 Å². The highest BCUT2D eigenvalue weighted by Crippen LogP contribution is 2.32. The second kappa shape index (κ2) is 9.40. The molecule has 0 bridgehead atoms. The summed E-state index contributed by atoms with van der Waals surface area (Å²) in [4.78, 5) is 28.1. The molecular weight excluding hydrogens is 374 g/mol. The van der Waals surface area contributed by atoms with Crippen molar-refractivity contribution in [3.8, 4) is 0 Å². The summed E-state index contributed by atoms with van der Waals surface area (Å²) in [5.41, 5.74) is 2.18. The minimum Gasteiger partial charge on any atom is -0.459 e. The number of rotatable bonds is 5. The van der Waals surface area contributed by atoms with E-state index >= 15 is 0 Å². The summed E-state index contributed by atoms with van der Waals surface area (Å²) in [5, 5.41) is 0. The number of para-hydroxylation sites is 2. The Balaban J connectivity index is 1.72. The van der Waals surface area contributed by atoms with Gasteiger partial charge in [0.2, 0.25) is 0 Å². The third kappa shape index (κ3) is 4.43. The topological polar surface area (TPSA) is 46.6 Å². The molecule has 152 valence electrons. The average molecular weight is 399 g/mol. The van der Waals surface area contributed by atoms with Crippen LogP contribution >= 0.6 is 0 Å². The molecule has 0 radical (unpaired) electrons. The van der Waals surface area contributed by atoms with Crippen LogP contribution in [0, 0.1) is 0 Å². The van der Waals surface area contributed by atoms with Gasteiger partial charge in [-0.25, -0.2) is 4.79 Å². The number of hydrogen-bond donors (Lipinski definition) is 0. The summed E-state index contributed by atoms with van der Waals surface area (Å²) in [7, 11) is 0. The first-order valence-electron chi connectivity index (χ1n) is 10.5. The summed E-state index contributed by atoms with van der Waals surface area (Å²) in [6, 6.07) is 25.7. The fraction of sp³-hybridized carbons (Fsp3) is 0.231. The second-order valence-electron chi connectivity index (χ2n) is 7.52. The maximum atomic E-state index is 13.5. The second-order valence-corrected chi connectivity index (χ2v) is 7.52. The molecule has 1 aliphatic rings. The van der Waals surface area contributed by atoms with Crippen LogP contribution in [0.5, 0.6) is 0 Å². The Hall–Kier alpha value is -3.40. The van der Waals surface area contributed by atoms with Gasteiger partial charge in [0.1, 0.15) is 6.10 Å². The lowest BCUT2D eigenvalue weighted by atomic mass is 9.98. The molecule has 4 rings (SSSR count). The summed E-state index contributed by atoms with van der Waals surface area (Å²) < 4.78 is 5.81. The van der Waals surface area contributed by atoms with Crippen molar-refractivity contribution in [2.24, 2.45) is 0 Å². The van der Waals surface area contributed by atoms with E-state index in [2.05, 4.69) is 0 Å². The van der Waals surface area contributed by atoms with Crippen LogP contribution in [0.4, 0.5) is 11.4 Å². The van der Waals surface area contributed by atoms with Crippen molar-refractivity contribution < 1.29 is 14.3 Å². The van der Waals surface area contributed by atoms with Gasteiger partial charge in [0, 0.05) is 11.3 Å². The van der Waals surface area contributed by atoms with Gasteiger partial charge < -0.3 is 4.74 Å². The summed E-state index contributed by atoms with van der Waals surface area (Å²) in [6.45, 7) is 0. The van der Waals surface area contributed by atoms with Crippen molar-refractivity contribution in [3.05, 3.63) is 96.1 Å². The third-order valence-corrected chi connectivity index (χ3v) is 5.43. The fourth-order valence-electron chi connectivity index (χ4n) is 3.89. The maximum Gasteiger partial charge on any atom is 0.340 e. The first kappa shape index (κ1) is 19.9. The average Bonchev–Trinajstić information content (AvgIpc) is 2.81. The Bertz CT molecular complexity index is 995. The van der Waals surface area contributed by atoms with Gasteiger partial charge in [0.05, 0.1) is 11.3 Å². The number of amides is 1. The zero-order valence-electron chi connectivity index (χ0n) is 16.9. The van der Waals surface area contributed by atoms with Crippen LogP contribution in [0.2, 0.25) is 0 Å². The number of anilines is 2. The molecule has 0 N–H and O–H groups in total. The third-order valence-electron chi connectivity index (χ3n) is 5.43. The van der Waals surface area contributed by atoms with Gasteiger partial charge in [-0.2, -0.15) is 0 Å². The molecule has 30 heavy (non-hydrogen) atoms. The molecule has 4 nitrogen and oxygen atoms in total. The quantitative estimate of drug-likeness (QED) is 0.483. The lowest BCUT2D eigenvalue weighted by Gasteiger charge is -2.26. The molecule has 0 atom stereocenters. The number of esters is 1. The molecular formula is C26H25NO3. The maximum absolute atomic E-state index is 13.5. The molecule has 0 aromatic heterocycles. The van der Waals surface area contributed by atoms with Crippen LogP contribution in [0.3, 0.4) is 0 Å². The molecule has 1 amide bonds. The molecule has 0 spiro atoms. The van der Waals surface area contributed by atoms with Crippen LogP contribution in [0.1, 0.15) is 52.8 Å². The van der Waals surface area contributed by atoms with Gasteiger partial charge in [-0.05, 0) is 62.1 Å². The predicted molar refractivity (Wildman–Crippen MR) is 118 cm³/mol. The molecule has 0 heterocycles. The SMILES string of the molecule is O=C(OC1CCCCC1)c1ccccc1N(C(=O)c1ccccc1)c1ccccc1. The number of benzene rings is 3. The Labute approximate surface area is 177 Å². The van der Waals surface area contributed by atoms with Crippen LogP contribution < -0.4 is 4.90 Å². The Morgan fingerprint density at radius 3 is 2.03 bits per heavy atom. The predicted octanol–water partition coefficient (Wildman–Crippen LogP) is 6.15. The van der Waals surface area contributed by atoms with E-state index in [0.717, 1.165) is 25.7 Å². The Morgan fingerprint density at radius 1 is 0.733 bits per heavy atom. The zero-order valence-corrected chi connectivity index (χ0v) is 16.9. The van der Waals surface area contributed by atoms with Gasteiger partial charge in [-0.3, -0.25) is 9.69 Å². The highest BCUT2D eigenvalue weighted by Gasteiger charge is 2.26. The highest BCUT2D eigenvalue weighted by molar-refractivity contribution is 6.13. The molecule has 0 unspecified atom stereocenters. The van der Waals surface area contributed by atoms with Crippen molar-refractivity contribution in [1.29, 1.82) is 0 Å². The number of carbonyl (C=O) groups is 2. The van der Waals surface area contributed by atoms with E-state index in [0.29, 0.717) is 22.5 Å². The van der Waals surface area contributed by atoms with Crippen molar-refractivity contribution >= 4 is 23.3 Å². The van der Waals surface area contributed by atoms with E-state index in [4.69, 9.17) is 4.74 Å². The standard InChI is InChI=1S/C26H25NO3/c28-25(20-12-4-1-5-13-20)27(21-14-6-2-7-15-21)24-19-11-10-18-23(24)26(29)30-22-16-8-3-9-17-22/h1-2,4-7,10-15,18-19,22H,3,8-9,16-17H2. The molecule has 1 saturated carbocycles. The van der Waals surface area contributed by atoms with Gasteiger partial charge in [-0.15, -0.1) is 0 Å². The Morgan fingerprint density at radius 2 is 1.33 bits per heavy atom. The van der Waals surface area contributed by atoms with Crippen LogP contribution in [0.25, 0.3) is 0 Å². The van der Waals surface area contributed by atoms with Gasteiger partial charge in [-0.1, -0.05) is 55.0 Å². The lowest BCUT2D eigenvalue weighted by molar-refractivity contribution is 0.0212. The van der Waals surface area contributed by atoms with Crippen LogP contribution in [-0.4, -0.2) is 18.0 Å². The fourth-order valence-corrected chi connectivity index (χ4v) is 3.89. The van der Waals surface area contributed by atoms with Crippen molar-refractivity contribution in [1.82, 2.24) is 0 Å². The molecule has 3 aromatic rings. The monoisotopic (exact) mass is 399 g/mol. The normalized spacial score (nSPS) is 14.1. The smallest absolute Gasteiger partial charge is 0.340 e. The van der Waals surface area contributed by atoms with E-state index < -0.39 is 0 Å². The molecule has 4 heteroatoms. The molecule has 0 aliphatic heterocycles. The summed E-state index contributed by atoms with van der Waals surface area (Å²) >= 11 is 0. The molecule has 3 aromatic carbocycles. The van der Waals surface area contributed by atoms with E-state index in [9.17, 15) is 9.59 Å².